The van der Waals surface area contributed by atoms with Crippen LogP contribution < -0.4 is 20.1 Å². The summed E-state index contributed by atoms with van der Waals surface area (Å²) >= 11 is 0. The zero-order valence-electron chi connectivity index (χ0n) is 15.1. The van der Waals surface area contributed by atoms with Crippen molar-refractivity contribution in [2.75, 3.05) is 20.3 Å². The molecule has 0 radical (unpaired) electrons. The third kappa shape index (κ3) is 5.71. The smallest absolute Gasteiger partial charge is 0.315 e. The van der Waals surface area contributed by atoms with E-state index in [9.17, 15) is 4.79 Å². The third-order valence-electron chi connectivity index (χ3n) is 3.93. The lowest BCUT2D eigenvalue weighted by molar-refractivity contribution is 0.240. The number of amides is 2. The van der Waals surface area contributed by atoms with Crippen LogP contribution in [-0.2, 0) is 13.0 Å². The summed E-state index contributed by atoms with van der Waals surface area (Å²) < 4.78 is 10.8. The van der Waals surface area contributed by atoms with Gasteiger partial charge in [0.15, 0.2) is 11.5 Å². The topological polar surface area (TPSA) is 59.6 Å². The SMILES string of the molecule is CCOc1ccc(CCNC(=O)NCc2ccccc2C)cc1OC. The molecule has 0 aliphatic rings. The van der Waals surface area contributed by atoms with E-state index in [0.717, 1.165) is 23.3 Å². The van der Waals surface area contributed by atoms with E-state index < -0.39 is 0 Å². The Kier molecular flexibility index (Phi) is 7.14. The Bertz CT molecular complexity index is 701. The van der Waals surface area contributed by atoms with Crippen molar-refractivity contribution in [2.45, 2.75) is 26.8 Å². The lowest BCUT2D eigenvalue weighted by Gasteiger charge is -2.12. The van der Waals surface area contributed by atoms with Crippen LogP contribution in [0.25, 0.3) is 0 Å². The highest BCUT2D eigenvalue weighted by atomic mass is 16.5. The average molecular weight is 342 g/mol. The van der Waals surface area contributed by atoms with Crippen molar-refractivity contribution in [3.8, 4) is 11.5 Å². The number of ether oxygens (including phenoxy) is 2. The van der Waals surface area contributed by atoms with Crippen LogP contribution >= 0.6 is 0 Å². The Morgan fingerprint density at radius 2 is 1.88 bits per heavy atom. The highest BCUT2D eigenvalue weighted by molar-refractivity contribution is 5.73. The molecule has 2 aromatic rings. The average Bonchev–Trinajstić information content (AvgIpc) is 2.62. The Balaban J connectivity index is 1.78. The van der Waals surface area contributed by atoms with E-state index in [1.54, 1.807) is 7.11 Å². The quantitative estimate of drug-likeness (QED) is 0.772. The summed E-state index contributed by atoms with van der Waals surface area (Å²) in [6.45, 7) is 5.64. The Morgan fingerprint density at radius 1 is 1.08 bits per heavy atom. The number of rotatable bonds is 8. The summed E-state index contributed by atoms with van der Waals surface area (Å²) in [6.07, 6.45) is 0.723. The highest BCUT2D eigenvalue weighted by Crippen LogP contribution is 2.28. The molecule has 0 bridgehead atoms. The maximum atomic E-state index is 11.9. The van der Waals surface area contributed by atoms with Crippen molar-refractivity contribution in [3.05, 3.63) is 59.2 Å². The minimum Gasteiger partial charge on any atom is -0.493 e. The van der Waals surface area contributed by atoms with Crippen molar-refractivity contribution in [1.82, 2.24) is 10.6 Å². The van der Waals surface area contributed by atoms with Gasteiger partial charge in [0.2, 0.25) is 0 Å². The van der Waals surface area contributed by atoms with Crippen LogP contribution in [0.3, 0.4) is 0 Å². The lowest BCUT2D eigenvalue weighted by atomic mass is 10.1. The van der Waals surface area contributed by atoms with Gasteiger partial charge in [-0.3, -0.25) is 0 Å². The minimum atomic E-state index is -0.166. The van der Waals surface area contributed by atoms with Gasteiger partial charge in [-0.15, -0.1) is 0 Å². The number of benzene rings is 2. The monoisotopic (exact) mass is 342 g/mol. The van der Waals surface area contributed by atoms with Crippen LogP contribution in [0.2, 0.25) is 0 Å². The lowest BCUT2D eigenvalue weighted by Crippen LogP contribution is -2.36. The van der Waals surface area contributed by atoms with E-state index >= 15 is 0 Å². The molecular weight excluding hydrogens is 316 g/mol. The van der Waals surface area contributed by atoms with E-state index in [-0.39, 0.29) is 6.03 Å². The summed E-state index contributed by atoms with van der Waals surface area (Å²) in [6, 6.07) is 13.7. The predicted octanol–water partition coefficient (Wildman–Crippen LogP) is 3.44. The van der Waals surface area contributed by atoms with Gasteiger partial charge in [0.1, 0.15) is 0 Å². The van der Waals surface area contributed by atoms with Gasteiger partial charge < -0.3 is 20.1 Å². The Morgan fingerprint density at radius 3 is 2.60 bits per heavy atom. The number of hydrogen-bond acceptors (Lipinski definition) is 3. The van der Waals surface area contributed by atoms with Crippen LogP contribution in [0.15, 0.2) is 42.5 Å². The molecular formula is C20H26N2O3. The van der Waals surface area contributed by atoms with Gasteiger partial charge in [-0.25, -0.2) is 4.79 Å². The van der Waals surface area contributed by atoms with Crippen LogP contribution in [-0.4, -0.2) is 26.3 Å². The molecule has 2 amide bonds. The van der Waals surface area contributed by atoms with E-state index in [1.165, 1.54) is 5.56 Å². The largest absolute Gasteiger partial charge is 0.493 e. The zero-order chi connectivity index (χ0) is 18.1. The molecule has 0 saturated heterocycles. The summed E-state index contributed by atoms with van der Waals surface area (Å²) in [4.78, 5) is 11.9. The van der Waals surface area contributed by atoms with Crippen LogP contribution in [0.1, 0.15) is 23.6 Å². The normalized spacial score (nSPS) is 10.2. The van der Waals surface area contributed by atoms with Crippen molar-refractivity contribution < 1.29 is 14.3 Å². The Labute approximate surface area is 149 Å². The first kappa shape index (κ1) is 18.6. The van der Waals surface area contributed by atoms with Gasteiger partial charge in [0.25, 0.3) is 0 Å². The van der Waals surface area contributed by atoms with Gasteiger partial charge >= 0.3 is 6.03 Å². The molecule has 5 nitrogen and oxygen atoms in total. The van der Waals surface area contributed by atoms with Crippen molar-refractivity contribution >= 4 is 6.03 Å². The second-order valence-electron chi connectivity index (χ2n) is 5.70. The molecule has 0 saturated carbocycles. The number of nitrogens with one attached hydrogen (secondary N) is 2. The molecule has 0 aromatic heterocycles. The molecule has 2 N–H and O–H groups in total. The van der Waals surface area contributed by atoms with Crippen LogP contribution in [0.4, 0.5) is 4.79 Å². The number of urea groups is 1. The molecule has 0 aliphatic heterocycles. The van der Waals surface area contributed by atoms with E-state index in [4.69, 9.17) is 9.47 Å². The van der Waals surface area contributed by atoms with Crippen LogP contribution in [0, 0.1) is 6.92 Å². The van der Waals surface area contributed by atoms with Gasteiger partial charge in [-0.2, -0.15) is 0 Å². The standard InChI is InChI=1S/C20H26N2O3/c1-4-25-18-10-9-16(13-19(18)24-3)11-12-21-20(23)22-14-17-8-6-5-7-15(17)2/h5-10,13H,4,11-12,14H2,1-3H3,(H2,21,22,23). The molecule has 0 aliphatic carbocycles. The van der Waals surface area contributed by atoms with Gasteiger partial charge in [0, 0.05) is 13.1 Å². The molecule has 5 heteroatoms. The summed E-state index contributed by atoms with van der Waals surface area (Å²) in [5, 5.41) is 5.76. The number of methoxy groups -OCH3 is 1. The fraction of sp³-hybridized carbons (Fsp3) is 0.350. The van der Waals surface area contributed by atoms with Crippen LogP contribution in [0.5, 0.6) is 11.5 Å². The zero-order valence-corrected chi connectivity index (χ0v) is 15.1. The van der Waals surface area contributed by atoms with Gasteiger partial charge in [-0.05, 0) is 49.1 Å². The first-order chi connectivity index (χ1) is 12.1. The fourth-order valence-electron chi connectivity index (χ4n) is 2.51. The maximum Gasteiger partial charge on any atom is 0.315 e. The fourth-order valence-corrected chi connectivity index (χ4v) is 2.51. The summed E-state index contributed by atoms with van der Waals surface area (Å²) in [5.41, 5.74) is 3.37. The molecule has 2 rings (SSSR count). The molecule has 0 unspecified atom stereocenters. The van der Waals surface area contributed by atoms with E-state index in [2.05, 4.69) is 10.6 Å². The second-order valence-corrected chi connectivity index (χ2v) is 5.70. The first-order valence-electron chi connectivity index (χ1n) is 8.50. The van der Waals surface area contributed by atoms with E-state index in [1.807, 2.05) is 56.3 Å². The molecule has 0 fully saturated rings. The number of carbonyl (C=O) groups excluding carboxylic acids is 1. The highest BCUT2D eigenvalue weighted by Gasteiger charge is 2.06. The third-order valence-corrected chi connectivity index (χ3v) is 3.93. The maximum absolute atomic E-state index is 11.9. The first-order valence-corrected chi connectivity index (χ1v) is 8.50. The number of carbonyl (C=O) groups is 1. The molecule has 0 atom stereocenters. The Hall–Kier alpha value is -2.69. The second kappa shape index (κ2) is 9.57. The molecule has 25 heavy (non-hydrogen) atoms. The predicted molar refractivity (Wildman–Crippen MR) is 99.3 cm³/mol. The molecule has 0 heterocycles. The summed E-state index contributed by atoms with van der Waals surface area (Å²) in [7, 11) is 1.62. The summed E-state index contributed by atoms with van der Waals surface area (Å²) in [5.74, 6) is 1.45. The minimum absolute atomic E-state index is 0.166. The number of aryl methyl sites for hydroxylation is 1. The van der Waals surface area contributed by atoms with E-state index in [0.29, 0.717) is 25.4 Å². The van der Waals surface area contributed by atoms with Crippen molar-refractivity contribution in [2.24, 2.45) is 0 Å². The van der Waals surface area contributed by atoms with Gasteiger partial charge in [-0.1, -0.05) is 30.3 Å². The molecule has 0 spiro atoms. The van der Waals surface area contributed by atoms with Gasteiger partial charge in [0.05, 0.1) is 13.7 Å². The van der Waals surface area contributed by atoms with Crippen molar-refractivity contribution in [3.63, 3.8) is 0 Å². The molecule has 134 valence electrons. The molecule has 2 aromatic carbocycles. The van der Waals surface area contributed by atoms with Crippen molar-refractivity contribution in [1.29, 1.82) is 0 Å². The number of hydrogen-bond donors (Lipinski definition) is 2.